The minimum Gasteiger partial charge on any atom is -0.367 e. The molecule has 0 radical (unpaired) electrons. The van der Waals surface area contributed by atoms with Crippen molar-refractivity contribution >= 4 is 17.5 Å². The molecule has 2 aliphatic carbocycles. The molecule has 9 nitrogen and oxygen atoms in total. The summed E-state index contributed by atoms with van der Waals surface area (Å²) < 4.78 is 46.1. The van der Waals surface area contributed by atoms with E-state index in [1.165, 1.54) is 11.0 Å². The maximum atomic E-state index is 14.7. The van der Waals surface area contributed by atoms with Crippen molar-refractivity contribution in [3.8, 4) is 0 Å². The number of alkyl halides is 3. The predicted octanol–water partition coefficient (Wildman–Crippen LogP) is 6.23. The van der Waals surface area contributed by atoms with Gasteiger partial charge in [-0.2, -0.15) is 13.2 Å². The van der Waals surface area contributed by atoms with Gasteiger partial charge in [-0.15, -0.1) is 10.2 Å². The van der Waals surface area contributed by atoms with Crippen LogP contribution in [0.4, 0.5) is 24.8 Å². The Balaban J connectivity index is 1.27. The predicted molar refractivity (Wildman–Crippen MR) is 179 cm³/mol. The quantitative estimate of drug-likeness (QED) is 0.306. The summed E-state index contributed by atoms with van der Waals surface area (Å²) in [6.45, 7) is 9.15. The van der Waals surface area contributed by atoms with Crippen LogP contribution in [0.25, 0.3) is 0 Å². The highest BCUT2D eigenvalue weighted by atomic mass is 19.4. The summed E-state index contributed by atoms with van der Waals surface area (Å²) in [6, 6.07) is 7.39. The molecule has 48 heavy (non-hydrogen) atoms. The zero-order valence-electron chi connectivity index (χ0n) is 28.6. The molecule has 2 aromatic heterocycles. The van der Waals surface area contributed by atoms with Crippen LogP contribution in [0.1, 0.15) is 97.7 Å². The zero-order chi connectivity index (χ0) is 34.0. The van der Waals surface area contributed by atoms with E-state index in [4.69, 9.17) is 4.98 Å². The number of carbonyl (C=O) groups excluding carboxylic acids is 1. The van der Waals surface area contributed by atoms with E-state index in [1.807, 2.05) is 17.7 Å². The number of aromatic nitrogens is 4. The summed E-state index contributed by atoms with van der Waals surface area (Å²) in [6.07, 6.45) is 3.14. The number of piperazine rings is 1. The maximum absolute atomic E-state index is 14.7. The summed E-state index contributed by atoms with van der Waals surface area (Å²) in [5, 5.41) is 12.3. The first kappa shape index (κ1) is 33.0. The number of benzene rings is 1. The van der Waals surface area contributed by atoms with Gasteiger partial charge in [-0.25, -0.2) is 4.98 Å². The summed E-state index contributed by atoms with van der Waals surface area (Å²) in [5.41, 5.74) is 0.452. The second kappa shape index (κ2) is 12.4. The Kier molecular flexibility index (Phi) is 8.55. The summed E-state index contributed by atoms with van der Waals surface area (Å²) in [5.74, 6) is 2.21. The number of fused-ring (bicyclic) bond motifs is 1. The third-order valence-electron chi connectivity index (χ3n) is 11.2. The van der Waals surface area contributed by atoms with Gasteiger partial charge in [0.1, 0.15) is 23.8 Å². The molecule has 258 valence electrons. The van der Waals surface area contributed by atoms with Gasteiger partial charge in [-0.3, -0.25) is 14.6 Å². The minimum atomic E-state index is -4.60. The molecule has 1 unspecified atom stereocenters. The van der Waals surface area contributed by atoms with E-state index in [9.17, 15) is 18.0 Å². The van der Waals surface area contributed by atoms with E-state index in [2.05, 4.69) is 59.2 Å². The van der Waals surface area contributed by atoms with Crippen molar-refractivity contribution in [2.45, 2.75) is 96.1 Å². The Bertz CT molecular complexity index is 1670. The fraction of sp³-hybridized carbons (Fsp3) is 0.611. The summed E-state index contributed by atoms with van der Waals surface area (Å²) in [4.78, 5) is 25.1. The number of amides is 1. The lowest BCUT2D eigenvalue weighted by Crippen LogP contribution is -2.53. The van der Waals surface area contributed by atoms with Crippen LogP contribution in [0.2, 0.25) is 0 Å². The second-order valence-electron chi connectivity index (χ2n) is 15.2. The average molecular weight is 665 g/mol. The number of hydrogen-bond donors (Lipinski definition) is 1. The van der Waals surface area contributed by atoms with Gasteiger partial charge in [-0.05, 0) is 85.5 Å². The van der Waals surface area contributed by atoms with Crippen LogP contribution in [0.3, 0.4) is 0 Å². The molecule has 1 amide bonds. The lowest BCUT2D eigenvalue weighted by Gasteiger charge is -2.46. The van der Waals surface area contributed by atoms with Crippen LogP contribution < -0.4 is 10.2 Å². The number of halogens is 3. The number of anilines is 2. The van der Waals surface area contributed by atoms with Gasteiger partial charge in [0.2, 0.25) is 0 Å². The second-order valence-corrected chi connectivity index (χ2v) is 15.2. The Morgan fingerprint density at radius 2 is 1.81 bits per heavy atom. The van der Waals surface area contributed by atoms with Crippen molar-refractivity contribution in [1.29, 1.82) is 0 Å². The Hall–Kier alpha value is -3.51. The van der Waals surface area contributed by atoms with Crippen molar-refractivity contribution in [2.75, 3.05) is 36.9 Å². The smallest absolute Gasteiger partial charge is 0.367 e. The van der Waals surface area contributed by atoms with Crippen LogP contribution in [0.5, 0.6) is 0 Å². The molecule has 12 heteroatoms. The Morgan fingerprint density at radius 1 is 1.06 bits per heavy atom. The van der Waals surface area contributed by atoms with E-state index in [0.717, 1.165) is 69.5 Å². The number of nitrogens with one attached hydrogen (secondary N) is 1. The van der Waals surface area contributed by atoms with E-state index in [1.54, 1.807) is 12.4 Å². The normalized spacial score (nSPS) is 25.6. The van der Waals surface area contributed by atoms with Crippen molar-refractivity contribution in [3.05, 3.63) is 64.2 Å². The van der Waals surface area contributed by atoms with Crippen LogP contribution >= 0.6 is 0 Å². The van der Waals surface area contributed by atoms with Crippen LogP contribution in [0, 0.1) is 11.8 Å². The van der Waals surface area contributed by atoms with Crippen molar-refractivity contribution in [3.63, 3.8) is 0 Å². The van der Waals surface area contributed by atoms with Gasteiger partial charge in [0.05, 0.1) is 17.5 Å². The molecule has 0 spiro atoms. The number of rotatable bonds is 8. The third kappa shape index (κ3) is 5.99. The first-order chi connectivity index (χ1) is 22.8. The Morgan fingerprint density at radius 3 is 2.46 bits per heavy atom. The fourth-order valence-corrected chi connectivity index (χ4v) is 8.73. The molecule has 1 saturated heterocycles. The van der Waals surface area contributed by atoms with Crippen LogP contribution in [0.15, 0.2) is 30.6 Å². The minimum absolute atomic E-state index is 0.0211. The fourth-order valence-electron chi connectivity index (χ4n) is 8.73. The molecular weight excluding hydrogens is 617 g/mol. The van der Waals surface area contributed by atoms with Crippen molar-refractivity contribution in [2.24, 2.45) is 18.9 Å². The number of carbonyl (C=O) groups is 1. The molecular formula is C36H47F3N8O. The highest BCUT2D eigenvalue weighted by Gasteiger charge is 2.49. The van der Waals surface area contributed by atoms with E-state index in [0.29, 0.717) is 35.6 Å². The summed E-state index contributed by atoms with van der Waals surface area (Å²) >= 11 is 0. The maximum Gasteiger partial charge on any atom is 0.416 e. The molecule has 1 atom stereocenters. The van der Waals surface area contributed by atoms with E-state index < -0.39 is 23.1 Å². The number of aryl methyl sites for hydroxylation is 1. The van der Waals surface area contributed by atoms with Gasteiger partial charge >= 0.3 is 6.18 Å². The zero-order valence-corrected chi connectivity index (χ0v) is 28.6. The standard InChI is InChI=1S/C36H47F3N8O/c1-22(2)30-20-44(4)10-11-46(30)18-24-12-27-28(29(13-24)36(37,38)39)19-47(33(27)48)32-15-25(14-31(42-32)41-26-8-6-7-9-26)35(16-23(3)17-35)34-43-40-21-45(34)5/h12-15,21-23,26,30H,6-11,16-20H2,1-5H3,(H,41,42). The van der Waals surface area contributed by atoms with Gasteiger partial charge in [0.15, 0.2) is 0 Å². The molecule has 7 rings (SSSR count). The lowest BCUT2D eigenvalue weighted by atomic mass is 9.58. The molecule has 4 aliphatic rings. The molecule has 3 fully saturated rings. The average Bonchev–Trinajstić information content (AvgIpc) is 3.76. The highest BCUT2D eigenvalue weighted by Crippen LogP contribution is 2.52. The Labute approximate surface area is 280 Å². The highest BCUT2D eigenvalue weighted by molar-refractivity contribution is 6.10. The van der Waals surface area contributed by atoms with Crippen molar-refractivity contribution < 1.29 is 18.0 Å². The molecule has 2 saturated carbocycles. The van der Waals surface area contributed by atoms with E-state index in [-0.39, 0.29) is 29.8 Å². The number of pyridine rings is 1. The topological polar surface area (TPSA) is 82.4 Å². The lowest BCUT2D eigenvalue weighted by molar-refractivity contribution is -0.138. The molecule has 3 aromatic rings. The largest absolute Gasteiger partial charge is 0.416 e. The molecule has 0 bridgehead atoms. The van der Waals surface area contributed by atoms with Gasteiger partial charge < -0.3 is 14.8 Å². The molecule has 4 heterocycles. The van der Waals surface area contributed by atoms with Crippen LogP contribution in [-0.4, -0.2) is 74.2 Å². The van der Waals surface area contributed by atoms with Gasteiger partial charge in [0, 0.05) is 50.9 Å². The van der Waals surface area contributed by atoms with E-state index >= 15 is 0 Å². The SMILES string of the molecule is CC1CC(c2cc(NC3CCCC3)nc(N3Cc4c(cc(CN5CCN(C)CC5C(C)C)cc4C(F)(F)F)C3=O)c2)(c2nncn2C)C1. The van der Waals surface area contributed by atoms with Gasteiger partial charge in [0.25, 0.3) is 5.91 Å². The van der Waals surface area contributed by atoms with Crippen molar-refractivity contribution in [1.82, 2.24) is 29.5 Å². The molecule has 1 aromatic carbocycles. The number of nitrogens with zero attached hydrogens (tertiary/aromatic N) is 7. The first-order valence-corrected chi connectivity index (χ1v) is 17.4. The first-order valence-electron chi connectivity index (χ1n) is 17.4. The molecule has 1 N–H and O–H groups in total. The monoisotopic (exact) mass is 664 g/mol. The van der Waals surface area contributed by atoms with Crippen LogP contribution in [-0.2, 0) is 31.7 Å². The molecule has 2 aliphatic heterocycles. The third-order valence-corrected chi connectivity index (χ3v) is 11.2. The number of hydrogen-bond acceptors (Lipinski definition) is 7. The van der Waals surface area contributed by atoms with Gasteiger partial charge in [-0.1, -0.05) is 33.6 Å². The number of likely N-dealkylation sites (N-methyl/N-ethyl adjacent to an activating group) is 1. The summed E-state index contributed by atoms with van der Waals surface area (Å²) in [7, 11) is 4.01.